The third-order valence-corrected chi connectivity index (χ3v) is 4.66. The first-order valence-electron chi connectivity index (χ1n) is 4.69. The molecule has 0 aromatic carbocycles. The van der Waals surface area contributed by atoms with Crippen LogP contribution < -0.4 is 10.0 Å². The van der Waals surface area contributed by atoms with E-state index < -0.39 is 16.0 Å². The minimum atomic E-state index is -3.71. The maximum Gasteiger partial charge on any atom is 0.358 e. The Morgan fingerprint density at radius 1 is 1.50 bits per heavy atom. The molecule has 1 heterocycles. The Kier molecular flexibility index (Phi) is 7.33. The van der Waals surface area contributed by atoms with Crippen LogP contribution in [0.5, 0.6) is 0 Å². The maximum absolute atomic E-state index is 11.8. The zero-order chi connectivity index (χ0) is 12.9. The molecule has 0 aliphatic heterocycles. The van der Waals surface area contributed by atoms with Crippen molar-refractivity contribution < 1.29 is 17.9 Å². The second-order valence-electron chi connectivity index (χ2n) is 2.98. The van der Waals surface area contributed by atoms with Crippen LogP contribution in [0, 0.1) is 0 Å². The monoisotopic (exact) mass is 315 g/mol. The number of carbonyl (C=O) groups is 1. The van der Waals surface area contributed by atoms with Crippen molar-refractivity contribution in [3.63, 3.8) is 0 Å². The van der Waals surface area contributed by atoms with E-state index in [0.717, 1.165) is 11.3 Å². The molecule has 0 atom stereocenters. The first kappa shape index (κ1) is 17.3. The number of carbonyl (C=O) groups excluding carboxylic acids is 1. The Labute approximate surface area is 115 Å². The lowest BCUT2D eigenvalue weighted by molar-refractivity contribution is 0.0590. The van der Waals surface area contributed by atoms with Gasteiger partial charge in [-0.2, -0.15) is 0 Å². The van der Waals surface area contributed by atoms with Crippen molar-refractivity contribution in [2.24, 2.45) is 0 Å². The summed E-state index contributed by atoms with van der Waals surface area (Å²) in [6.07, 6.45) is 0. The van der Waals surface area contributed by atoms with Gasteiger partial charge in [-0.05, 0) is 7.05 Å². The number of sulfonamides is 1. The summed E-state index contributed by atoms with van der Waals surface area (Å²) in [5.41, 5.74) is 1.10. The summed E-state index contributed by atoms with van der Waals surface area (Å²) in [7, 11) is -0.827. The molecular weight excluding hydrogens is 302 g/mol. The van der Waals surface area contributed by atoms with Gasteiger partial charge in [-0.25, -0.2) is 22.9 Å². The molecule has 0 amide bonds. The normalized spacial score (nSPS) is 10.8. The molecule has 0 fully saturated rings. The molecule has 1 rings (SSSR count). The number of nitrogens with one attached hydrogen (secondary N) is 2. The van der Waals surface area contributed by atoms with Crippen LogP contribution in [0.25, 0.3) is 0 Å². The molecule has 0 saturated heterocycles. The van der Waals surface area contributed by atoms with Crippen molar-refractivity contribution in [1.82, 2.24) is 15.0 Å². The van der Waals surface area contributed by atoms with E-state index in [1.54, 1.807) is 7.05 Å². The largest absolute Gasteiger partial charge is 0.464 e. The van der Waals surface area contributed by atoms with Crippen molar-refractivity contribution in [3.8, 4) is 0 Å². The van der Waals surface area contributed by atoms with E-state index in [1.165, 1.54) is 12.6 Å². The molecule has 18 heavy (non-hydrogen) atoms. The van der Waals surface area contributed by atoms with Crippen LogP contribution in [0.1, 0.15) is 10.5 Å². The highest BCUT2D eigenvalue weighted by molar-refractivity contribution is 7.91. The maximum atomic E-state index is 11.8. The predicted molar refractivity (Wildman–Crippen MR) is 69.8 cm³/mol. The van der Waals surface area contributed by atoms with E-state index in [0.29, 0.717) is 6.54 Å². The first-order valence-corrected chi connectivity index (χ1v) is 7.05. The zero-order valence-corrected chi connectivity index (χ0v) is 12.2. The van der Waals surface area contributed by atoms with Crippen LogP contribution >= 0.6 is 23.7 Å². The highest BCUT2D eigenvalue weighted by Gasteiger charge is 2.25. The minimum absolute atomic E-state index is 0. The van der Waals surface area contributed by atoms with Gasteiger partial charge in [0.15, 0.2) is 9.90 Å². The second kappa shape index (κ2) is 7.64. The van der Waals surface area contributed by atoms with Crippen LogP contribution in [-0.2, 0) is 14.8 Å². The van der Waals surface area contributed by atoms with Gasteiger partial charge in [-0.3, -0.25) is 0 Å². The summed E-state index contributed by atoms with van der Waals surface area (Å²) in [4.78, 5) is 15.0. The van der Waals surface area contributed by atoms with Crippen LogP contribution in [-0.4, -0.2) is 46.6 Å². The van der Waals surface area contributed by atoms with Crippen LogP contribution in [0.4, 0.5) is 0 Å². The first-order chi connectivity index (χ1) is 8.03. The highest BCUT2D eigenvalue weighted by Crippen LogP contribution is 2.20. The van der Waals surface area contributed by atoms with E-state index in [4.69, 9.17) is 0 Å². The average molecular weight is 316 g/mol. The summed E-state index contributed by atoms with van der Waals surface area (Å²) in [5, 5.41) is 2.80. The fourth-order valence-electron chi connectivity index (χ4n) is 1.03. The van der Waals surface area contributed by atoms with Crippen LogP contribution in [0.3, 0.4) is 0 Å². The quantitative estimate of drug-likeness (QED) is 0.559. The summed E-state index contributed by atoms with van der Waals surface area (Å²) < 4.78 is 30.4. The smallest absolute Gasteiger partial charge is 0.358 e. The number of thiazole rings is 1. The Balaban J connectivity index is 0.00000289. The standard InChI is InChI=1S/C8H13N3O4S2.ClH/c1-9-3-4-11-17(13,14)8-6(7(12)15-2)10-5-16-8;/h5,9,11H,3-4H2,1-2H3;1H. The molecule has 1 aromatic rings. The van der Waals surface area contributed by atoms with Crippen molar-refractivity contribution >= 4 is 39.7 Å². The van der Waals surface area contributed by atoms with Crippen molar-refractivity contribution in [1.29, 1.82) is 0 Å². The summed E-state index contributed by atoms with van der Waals surface area (Å²) in [6.45, 7) is 0.725. The SMILES string of the molecule is CNCCNS(=O)(=O)c1scnc1C(=O)OC.Cl. The van der Waals surface area contributed by atoms with E-state index in [1.807, 2.05) is 0 Å². The van der Waals surface area contributed by atoms with E-state index in [9.17, 15) is 13.2 Å². The second-order valence-corrected chi connectivity index (χ2v) is 5.80. The lowest BCUT2D eigenvalue weighted by atomic mass is 10.5. The van der Waals surface area contributed by atoms with Gasteiger partial charge in [0, 0.05) is 13.1 Å². The van der Waals surface area contributed by atoms with Gasteiger partial charge in [0.1, 0.15) is 0 Å². The number of nitrogens with zero attached hydrogens (tertiary/aromatic N) is 1. The third-order valence-electron chi connectivity index (χ3n) is 1.82. The fourth-order valence-corrected chi connectivity index (χ4v) is 3.24. The Morgan fingerprint density at radius 3 is 2.72 bits per heavy atom. The third kappa shape index (κ3) is 4.18. The number of ether oxygens (including phenoxy) is 1. The number of methoxy groups -OCH3 is 1. The number of rotatable bonds is 6. The molecule has 7 nitrogen and oxygen atoms in total. The molecule has 10 heteroatoms. The molecule has 0 saturated carbocycles. The molecular formula is C8H14ClN3O4S2. The van der Waals surface area contributed by atoms with Gasteiger partial charge >= 0.3 is 5.97 Å². The molecule has 1 aromatic heterocycles. The van der Waals surface area contributed by atoms with E-state index >= 15 is 0 Å². The molecule has 104 valence electrons. The summed E-state index contributed by atoms with van der Waals surface area (Å²) in [6, 6.07) is 0. The molecule has 0 aliphatic rings. The average Bonchev–Trinajstić information content (AvgIpc) is 2.78. The minimum Gasteiger partial charge on any atom is -0.464 e. The zero-order valence-electron chi connectivity index (χ0n) is 9.80. The van der Waals surface area contributed by atoms with Gasteiger partial charge in [0.05, 0.1) is 12.6 Å². The van der Waals surface area contributed by atoms with Crippen molar-refractivity contribution in [2.45, 2.75) is 4.21 Å². The summed E-state index contributed by atoms with van der Waals surface area (Å²) in [5.74, 6) is -0.764. The van der Waals surface area contributed by atoms with Gasteiger partial charge in [-0.1, -0.05) is 0 Å². The van der Waals surface area contributed by atoms with Gasteiger partial charge in [0.25, 0.3) is 10.0 Å². The van der Waals surface area contributed by atoms with Gasteiger partial charge in [0.2, 0.25) is 0 Å². The number of hydrogen-bond acceptors (Lipinski definition) is 7. The Morgan fingerprint density at radius 2 is 2.17 bits per heavy atom. The van der Waals surface area contributed by atoms with Crippen molar-refractivity contribution in [3.05, 3.63) is 11.2 Å². The topological polar surface area (TPSA) is 97.4 Å². The lowest BCUT2D eigenvalue weighted by Crippen LogP contribution is -2.31. The van der Waals surface area contributed by atoms with Gasteiger partial charge < -0.3 is 10.1 Å². The highest BCUT2D eigenvalue weighted by atomic mass is 35.5. The van der Waals surface area contributed by atoms with E-state index in [2.05, 4.69) is 19.8 Å². The van der Waals surface area contributed by atoms with Crippen molar-refractivity contribution in [2.75, 3.05) is 27.2 Å². The molecule has 0 spiro atoms. The summed E-state index contributed by atoms with van der Waals surface area (Å²) >= 11 is 0.875. The number of aromatic nitrogens is 1. The Bertz CT molecular complexity index is 488. The lowest BCUT2D eigenvalue weighted by Gasteiger charge is -2.05. The molecule has 2 N–H and O–H groups in total. The number of halogens is 1. The van der Waals surface area contributed by atoms with Gasteiger partial charge in [-0.15, -0.1) is 23.7 Å². The van der Waals surface area contributed by atoms with Crippen LogP contribution in [0.2, 0.25) is 0 Å². The molecule has 0 bridgehead atoms. The van der Waals surface area contributed by atoms with Crippen LogP contribution in [0.15, 0.2) is 9.72 Å². The molecule has 0 aliphatic carbocycles. The molecule has 0 radical (unpaired) electrons. The number of hydrogen-bond donors (Lipinski definition) is 2. The number of esters is 1. The Hall–Kier alpha value is -0.740. The predicted octanol–water partition coefficient (Wildman–Crippen LogP) is -0.151. The van der Waals surface area contributed by atoms with E-state index in [-0.39, 0.29) is 28.9 Å². The fraction of sp³-hybridized carbons (Fsp3) is 0.500. The molecule has 0 unspecified atom stereocenters. The number of likely N-dealkylation sites (N-methyl/N-ethyl adjacent to an activating group) is 1.